The maximum atomic E-state index is 3.02. The van der Waals surface area contributed by atoms with Crippen molar-refractivity contribution in [3.63, 3.8) is 0 Å². The Morgan fingerprint density at radius 1 is 1.19 bits per heavy atom. The molecule has 0 saturated carbocycles. The Labute approximate surface area is 105 Å². The number of benzene rings is 2. The first kappa shape index (κ1) is 12.9. The summed E-state index contributed by atoms with van der Waals surface area (Å²) in [7, 11) is 6.76. The zero-order valence-electron chi connectivity index (χ0n) is 9.27. The number of rotatable bonds is 3. The van der Waals surface area contributed by atoms with Gasteiger partial charge in [-0.3, -0.25) is 0 Å². The molecule has 4 atom stereocenters. The van der Waals surface area contributed by atoms with Gasteiger partial charge in [-0.1, -0.05) is 51.3 Å². The quantitative estimate of drug-likeness (QED) is 0.718. The van der Waals surface area contributed by atoms with Gasteiger partial charge in [0.2, 0.25) is 0 Å². The topological polar surface area (TPSA) is 0 Å². The first-order valence-electron chi connectivity index (χ1n) is 5.29. The van der Waals surface area contributed by atoms with Crippen molar-refractivity contribution >= 4 is 49.2 Å². The summed E-state index contributed by atoms with van der Waals surface area (Å²) >= 11 is 0. The molecule has 0 nitrogen and oxygen atoms in total. The molecule has 0 radical (unpaired) electrons. The maximum Gasteiger partial charge on any atom is -0.0120 e. The van der Waals surface area contributed by atoms with Crippen LogP contribution < -0.4 is 5.30 Å². The second-order valence-electron chi connectivity index (χ2n) is 3.64. The average Bonchev–Trinajstić information content (AvgIpc) is 2.36. The fraction of sp³-hybridized carbons (Fsp3) is 0.167. The zero-order valence-corrected chi connectivity index (χ0v) is 13.5. The Morgan fingerprint density at radius 3 is 2.62 bits per heavy atom. The van der Waals surface area contributed by atoms with Crippen LogP contribution in [0.2, 0.25) is 0 Å². The minimum absolute atomic E-state index is 0.0659. The van der Waals surface area contributed by atoms with Crippen molar-refractivity contribution in [2.75, 3.05) is 0 Å². The molecule has 0 heterocycles. The first-order chi connectivity index (χ1) is 7.77. The summed E-state index contributed by atoms with van der Waals surface area (Å²) in [6.45, 7) is 2.25. The van der Waals surface area contributed by atoms with E-state index in [1.165, 1.54) is 16.3 Å². The van der Waals surface area contributed by atoms with Crippen LogP contribution in [0.4, 0.5) is 0 Å². The predicted octanol–water partition coefficient (Wildman–Crippen LogP) is 4.68. The molecule has 2 aromatic carbocycles. The third-order valence-corrected chi connectivity index (χ3v) is 12.9. The second kappa shape index (κ2) is 5.85. The normalized spacial score (nSPS) is 13.7. The second-order valence-corrected chi connectivity index (χ2v) is 12.8. The molecular weight excluding hydrogens is 268 g/mol. The van der Waals surface area contributed by atoms with Gasteiger partial charge >= 0.3 is 0 Å². The van der Waals surface area contributed by atoms with Crippen molar-refractivity contribution in [3.8, 4) is 0 Å². The van der Waals surface area contributed by atoms with E-state index in [4.69, 9.17) is 0 Å². The molecule has 0 bridgehead atoms. The van der Waals surface area contributed by atoms with E-state index in [9.17, 15) is 0 Å². The number of hydrogen-bond acceptors (Lipinski definition) is 0. The summed E-state index contributed by atoms with van der Waals surface area (Å²) in [4.78, 5) is 0. The summed E-state index contributed by atoms with van der Waals surface area (Å²) in [5, 5.41) is 4.35. The fourth-order valence-electron chi connectivity index (χ4n) is 1.99. The van der Waals surface area contributed by atoms with E-state index in [2.05, 4.69) is 61.2 Å². The summed E-state index contributed by atoms with van der Waals surface area (Å²) < 4.78 is 0. The maximum absolute atomic E-state index is 3.02. The largest absolute Gasteiger partial charge is 0.109 e. The van der Waals surface area contributed by atoms with Gasteiger partial charge in [-0.25, -0.2) is 0 Å². The minimum Gasteiger partial charge on any atom is -0.109 e. The highest BCUT2D eigenvalue weighted by Gasteiger charge is 2.10. The van der Waals surface area contributed by atoms with Gasteiger partial charge in [0.05, 0.1) is 0 Å². The zero-order chi connectivity index (χ0) is 11.5. The van der Waals surface area contributed by atoms with E-state index in [0.717, 1.165) is 14.4 Å². The van der Waals surface area contributed by atoms with Gasteiger partial charge in [-0.15, -0.1) is 17.9 Å². The molecule has 2 rings (SSSR count). The highest BCUT2D eigenvalue weighted by molar-refractivity contribution is 8.63. The molecule has 0 amide bonds. The molecule has 0 spiro atoms. The van der Waals surface area contributed by atoms with Crippen molar-refractivity contribution in [1.82, 2.24) is 0 Å². The van der Waals surface area contributed by atoms with Gasteiger partial charge in [0.15, 0.2) is 0 Å². The van der Waals surface area contributed by atoms with E-state index in [-0.39, 0.29) is 7.30 Å². The van der Waals surface area contributed by atoms with Crippen LogP contribution in [0.25, 0.3) is 10.8 Å². The molecule has 84 valence electrons. The van der Waals surface area contributed by atoms with Crippen LogP contribution in [-0.2, 0) is 6.42 Å². The van der Waals surface area contributed by atoms with Crippen LogP contribution in [0.15, 0.2) is 36.4 Å². The van der Waals surface area contributed by atoms with Crippen molar-refractivity contribution in [2.24, 2.45) is 0 Å². The third-order valence-electron chi connectivity index (χ3n) is 2.77. The van der Waals surface area contributed by atoms with E-state index in [1.54, 1.807) is 5.30 Å². The standard InChI is InChI=1S/C12H16P4/c1-2-10-11-6-4-3-5-9(11)7-8-12(10)16(14)15-13/h3-8,15H,2,13-14H2,1H3. The van der Waals surface area contributed by atoms with Gasteiger partial charge in [-0.05, 0) is 35.4 Å². The molecule has 4 unspecified atom stereocenters. The van der Waals surface area contributed by atoms with Crippen LogP contribution in [0.1, 0.15) is 12.5 Å². The predicted molar refractivity (Wildman–Crippen MR) is 87.6 cm³/mol. The molecule has 2 aromatic rings. The van der Waals surface area contributed by atoms with Gasteiger partial charge in [0, 0.05) is 0 Å². The van der Waals surface area contributed by atoms with E-state index in [0.29, 0.717) is 0 Å². The van der Waals surface area contributed by atoms with Gasteiger partial charge in [-0.2, -0.15) is 0 Å². The molecule has 0 aliphatic rings. The van der Waals surface area contributed by atoms with Gasteiger partial charge in [0.1, 0.15) is 0 Å². The van der Waals surface area contributed by atoms with E-state index < -0.39 is 0 Å². The van der Waals surface area contributed by atoms with Crippen molar-refractivity contribution in [2.45, 2.75) is 13.3 Å². The lowest BCUT2D eigenvalue weighted by Crippen LogP contribution is -2.04. The van der Waals surface area contributed by atoms with E-state index >= 15 is 0 Å². The van der Waals surface area contributed by atoms with E-state index in [1.807, 2.05) is 0 Å². The fourth-order valence-corrected chi connectivity index (χ4v) is 5.96. The average molecular weight is 284 g/mol. The number of fused-ring (bicyclic) bond motifs is 1. The highest BCUT2D eigenvalue weighted by Crippen LogP contribution is 2.65. The third kappa shape index (κ3) is 2.47. The first-order valence-corrected chi connectivity index (χ1v) is 11.9. The van der Waals surface area contributed by atoms with Crippen LogP contribution in [0, 0.1) is 0 Å². The summed E-state index contributed by atoms with van der Waals surface area (Å²) in [6, 6.07) is 13.3. The molecule has 0 fully saturated rings. The SMILES string of the molecule is CCc1c(P(P)PP)ccc2ccccc12. The number of hydrogen-bond donors (Lipinski definition) is 0. The Bertz CT molecular complexity index is 495. The van der Waals surface area contributed by atoms with Crippen LogP contribution in [-0.4, -0.2) is 0 Å². The Kier molecular flexibility index (Phi) is 4.70. The molecule has 0 aliphatic carbocycles. The Morgan fingerprint density at radius 2 is 1.94 bits per heavy atom. The minimum atomic E-state index is -0.0659. The van der Waals surface area contributed by atoms with Crippen molar-refractivity contribution in [3.05, 3.63) is 42.0 Å². The van der Waals surface area contributed by atoms with Crippen LogP contribution in [0.3, 0.4) is 0 Å². The van der Waals surface area contributed by atoms with Gasteiger partial charge < -0.3 is 0 Å². The molecule has 16 heavy (non-hydrogen) atoms. The molecule has 0 aromatic heterocycles. The van der Waals surface area contributed by atoms with Gasteiger partial charge in [0.25, 0.3) is 0 Å². The lowest BCUT2D eigenvalue weighted by Gasteiger charge is -2.16. The molecule has 0 aliphatic heterocycles. The summed E-state index contributed by atoms with van der Waals surface area (Å²) in [6.07, 6.45) is 1.12. The Hall–Kier alpha value is 0.420. The molecule has 4 heteroatoms. The Balaban J connectivity index is 2.67. The smallest absolute Gasteiger partial charge is 0.0120 e. The lowest BCUT2D eigenvalue weighted by molar-refractivity contribution is 1.17. The summed E-state index contributed by atoms with van der Waals surface area (Å²) in [5.74, 6) is 0. The monoisotopic (exact) mass is 284 g/mol. The van der Waals surface area contributed by atoms with Crippen LogP contribution >= 0.6 is 33.1 Å². The molecule has 0 N–H and O–H groups in total. The van der Waals surface area contributed by atoms with Crippen molar-refractivity contribution < 1.29 is 0 Å². The van der Waals surface area contributed by atoms with Crippen molar-refractivity contribution in [1.29, 1.82) is 0 Å². The molecular formula is C12H16P4. The lowest BCUT2D eigenvalue weighted by atomic mass is 10.0. The summed E-state index contributed by atoms with van der Waals surface area (Å²) in [5.41, 5.74) is 1.54. The molecule has 0 saturated heterocycles. The number of aryl methyl sites for hydroxylation is 1. The van der Waals surface area contributed by atoms with Crippen LogP contribution in [0.5, 0.6) is 0 Å². The highest BCUT2D eigenvalue weighted by atomic mass is 32.6.